The van der Waals surface area contributed by atoms with Crippen molar-refractivity contribution in [2.45, 2.75) is 102 Å². The zero-order valence-corrected chi connectivity index (χ0v) is 33.6. The van der Waals surface area contributed by atoms with Crippen LogP contribution in [0.4, 0.5) is 14.0 Å². The van der Waals surface area contributed by atoms with Crippen LogP contribution in [0, 0.1) is 23.6 Å². The number of amides is 2. The predicted octanol–water partition coefficient (Wildman–Crippen LogP) is 7.36. The van der Waals surface area contributed by atoms with Crippen molar-refractivity contribution in [3.05, 3.63) is 83.7 Å². The maximum atomic E-state index is 14.1. The highest BCUT2D eigenvalue weighted by molar-refractivity contribution is 6.03. The molecule has 3 N–H and O–H groups in total. The minimum Gasteiger partial charge on any atom is -0.459 e. The maximum Gasteiger partial charge on any atom is 0.412 e. The number of ether oxygens (including phenoxy) is 5. The summed E-state index contributed by atoms with van der Waals surface area (Å²) in [5.41, 5.74) is 2.91. The Hall–Kier alpha value is -4.50. The first-order chi connectivity index (χ1) is 28.3. The molecule has 6 rings (SSSR count). The predicted molar refractivity (Wildman–Crippen MR) is 214 cm³/mol. The van der Waals surface area contributed by atoms with E-state index < -0.39 is 42.0 Å². The van der Waals surface area contributed by atoms with Crippen LogP contribution in [0.1, 0.15) is 88.2 Å². The summed E-state index contributed by atoms with van der Waals surface area (Å²) in [5, 5.41) is 27.3. The lowest BCUT2D eigenvalue weighted by molar-refractivity contribution is -0.256. The SMILES string of the molecule is C=CCOC12Oc3ccc(OC(=O)NCC)cc3C3C(CCCCO)C(CCCCO)C=C(C(=NOC4CCCCO4)CC1N(Cc1ccc(F)cc1)C(=O)OC)C32. The molecule has 58 heavy (non-hydrogen) atoms. The fourth-order valence-electron chi connectivity index (χ4n) is 9.12. The van der Waals surface area contributed by atoms with E-state index in [1.54, 1.807) is 35.2 Å². The fraction of sp³-hybridized carbons (Fsp3) is 0.568. The quantitative estimate of drug-likeness (QED) is 0.0790. The second kappa shape index (κ2) is 20.5. The van der Waals surface area contributed by atoms with Gasteiger partial charge in [-0.25, -0.2) is 14.0 Å². The lowest BCUT2D eigenvalue weighted by Gasteiger charge is -2.59. The van der Waals surface area contributed by atoms with Crippen molar-refractivity contribution in [2.75, 3.05) is 40.1 Å². The van der Waals surface area contributed by atoms with Gasteiger partial charge in [-0.1, -0.05) is 42.3 Å². The molecular formula is C44H58FN3O10. The van der Waals surface area contributed by atoms with E-state index in [9.17, 15) is 24.2 Å². The first kappa shape index (κ1) is 43.1. The van der Waals surface area contributed by atoms with E-state index >= 15 is 0 Å². The summed E-state index contributed by atoms with van der Waals surface area (Å²) in [4.78, 5) is 34.5. The summed E-state index contributed by atoms with van der Waals surface area (Å²) in [6, 6.07) is 10.4. The molecule has 0 radical (unpaired) electrons. The molecule has 1 saturated heterocycles. The molecule has 0 aromatic heterocycles. The molecule has 2 heterocycles. The minimum absolute atomic E-state index is 0.00103. The Morgan fingerprint density at radius 1 is 1.09 bits per heavy atom. The number of fused-ring (bicyclic) bond motifs is 2. The van der Waals surface area contributed by atoms with Gasteiger partial charge in [-0.3, -0.25) is 4.90 Å². The van der Waals surface area contributed by atoms with E-state index in [4.69, 9.17) is 33.7 Å². The van der Waals surface area contributed by atoms with Crippen molar-refractivity contribution >= 4 is 17.9 Å². The molecule has 2 amide bonds. The Morgan fingerprint density at radius 3 is 2.55 bits per heavy atom. The monoisotopic (exact) mass is 807 g/mol. The third-order valence-corrected chi connectivity index (χ3v) is 11.6. The summed E-state index contributed by atoms with van der Waals surface area (Å²) in [7, 11) is 1.31. The zero-order chi connectivity index (χ0) is 41.1. The second-order valence-corrected chi connectivity index (χ2v) is 15.3. The summed E-state index contributed by atoms with van der Waals surface area (Å²) in [6.07, 6.45) is 9.06. The number of nitrogens with zero attached hydrogens (tertiary/aromatic N) is 2. The van der Waals surface area contributed by atoms with Crippen LogP contribution >= 0.6 is 0 Å². The molecular weight excluding hydrogens is 749 g/mol. The number of aliphatic hydroxyl groups is 2. The van der Waals surface area contributed by atoms with Gasteiger partial charge < -0.3 is 44.1 Å². The highest BCUT2D eigenvalue weighted by Gasteiger charge is 2.65. The third-order valence-electron chi connectivity index (χ3n) is 11.6. The number of rotatable bonds is 18. The van der Waals surface area contributed by atoms with Crippen LogP contribution in [-0.2, 0) is 25.6 Å². The van der Waals surface area contributed by atoms with E-state index in [2.05, 4.69) is 18.0 Å². The van der Waals surface area contributed by atoms with Crippen LogP contribution in [0.2, 0.25) is 0 Å². The van der Waals surface area contributed by atoms with E-state index in [0.717, 1.165) is 49.7 Å². The largest absolute Gasteiger partial charge is 0.459 e. The molecule has 7 atom stereocenters. The average Bonchev–Trinajstić information content (AvgIpc) is 3.23. The number of carbonyl (C=O) groups is 2. The Morgan fingerprint density at radius 2 is 1.86 bits per heavy atom. The van der Waals surface area contributed by atoms with Crippen LogP contribution in [0.5, 0.6) is 11.5 Å². The molecule has 316 valence electrons. The van der Waals surface area contributed by atoms with Gasteiger partial charge in [-0.15, -0.1) is 6.58 Å². The smallest absolute Gasteiger partial charge is 0.412 e. The Bertz CT molecular complexity index is 1770. The first-order valence-corrected chi connectivity index (χ1v) is 20.7. The van der Waals surface area contributed by atoms with Gasteiger partial charge in [0.05, 0.1) is 32.0 Å². The molecule has 2 aliphatic carbocycles. The lowest BCUT2D eigenvalue weighted by Crippen LogP contribution is -2.70. The molecule has 1 saturated carbocycles. The molecule has 7 unspecified atom stereocenters. The van der Waals surface area contributed by atoms with E-state index in [0.29, 0.717) is 55.2 Å². The molecule has 2 aromatic carbocycles. The van der Waals surface area contributed by atoms with E-state index in [-0.39, 0.29) is 50.5 Å². The zero-order valence-electron chi connectivity index (χ0n) is 33.6. The topological polar surface area (TPSA) is 158 Å². The number of oxime groups is 1. The van der Waals surface area contributed by atoms with Crippen molar-refractivity contribution in [3.63, 3.8) is 0 Å². The normalized spacial score (nSPS) is 26.6. The van der Waals surface area contributed by atoms with Gasteiger partial charge in [-0.2, -0.15) is 0 Å². The maximum absolute atomic E-state index is 14.1. The van der Waals surface area contributed by atoms with Crippen molar-refractivity contribution in [1.29, 1.82) is 0 Å². The highest BCUT2D eigenvalue weighted by atomic mass is 19.1. The second-order valence-electron chi connectivity index (χ2n) is 15.3. The highest BCUT2D eigenvalue weighted by Crippen LogP contribution is 2.62. The molecule has 0 bridgehead atoms. The van der Waals surface area contributed by atoms with Gasteiger partial charge >= 0.3 is 12.2 Å². The van der Waals surface area contributed by atoms with Crippen molar-refractivity contribution < 1.29 is 52.7 Å². The van der Waals surface area contributed by atoms with Crippen LogP contribution < -0.4 is 14.8 Å². The Balaban J connectivity index is 1.59. The van der Waals surface area contributed by atoms with Gasteiger partial charge in [-0.05, 0) is 98.8 Å². The van der Waals surface area contributed by atoms with Gasteiger partial charge in [0.25, 0.3) is 0 Å². The average molecular weight is 808 g/mol. The van der Waals surface area contributed by atoms with Crippen LogP contribution in [0.3, 0.4) is 0 Å². The fourth-order valence-corrected chi connectivity index (χ4v) is 9.12. The molecule has 13 nitrogen and oxygen atoms in total. The number of nitrogens with one attached hydrogen (secondary N) is 1. The molecule has 4 aliphatic rings. The summed E-state index contributed by atoms with van der Waals surface area (Å²) in [5.74, 6) is -2.09. The third kappa shape index (κ3) is 9.68. The number of allylic oxidation sites excluding steroid dienone is 1. The number of halogens is 1. The van der Waals surface area contributed by atoms with Gasteiger partial charge in [0.15, 0.2) is 0 Å². The number of hydrogen-bond acceptors (Lipinski definition) is 11. The van der Waals surface area contributed by atoms with Gasteiger partial charge in [0.1, 0.15) is 23.4 Å². The van der Waals surface area contributed by atoms with Crippen molar-refractivity contribution in [3.8, 4) is 11.5 Å². The lowest BCUT2D eigenvalue weighted by atomic mass is 9.55. The standard InChI is InChI=1S/C44H58FN3O10/c1-4-23-55-44-38(48(43(52)53-3)28-29-15-17-31(45)18-16-29)27-36(47-58-39-14-8-11-24-54-39)34-25-30(12-6-9-21-49)33(13-7-10-22-50)40(41(34)44)35-26-32(19-20-37(35)57-44)56-42(51)46-5-2/h4,15-20,25-26,30,33,38-41,49-50H,1,5-14,21-24,27-28H2,2-3H3,(H,46,51). The Kier molecular flexibility index (Phi) is 15.2. The summed E-state index contributed by atoms with van der Waals surface area (Å²) in [6.45, 7) is 6.95. The number of methoxy groups -OCH3 is 1. The number of aliphatic hydroxyl groups excluding tert-OH is 2. The van der Waals surface area contributed by atoms with Gasteiger partial charge in [0.2, 0.25) is 12.1 Å². The minimum atomic E-state index is -1.54. The number of benzene rings is 2. The molecule has 0 spiro atoms. The number of carbonyl (C=O) groups excluding carboxylic acids is 2. The molecule has 2 fully saturated rings. The molecule has 14 heteroatoms. The first-order valence-electron chi connectivity index (χ1n) is 20.7. The summed E-state index contributed by atoms with van der Waals surface area (Å²) >= 11 is 0. The van der Waals surface area contributed by atoms with Crippen LogP contribution in [-0.4, -0.2) is 91.2 Å². The van der Waals surface area contributed by atoms with Crippen molar-refractivity contribution in [1.82, 2.24) is 10.2 Å². The molecule has 2 aromatic rings. The Labute approximate surface area is 340 Å². The van der Waals surface area contributed by atoms with Crippen LogP contribution in [0.25, 0.3) is 0 Å². The molecule has 2 aliphatic heterocycles. The number of unbranched alkanes of at least 4 members (excludes halogenated alkanes) is 2. The summed E-state index contributed by atoms with van der Waals surface area (Å²) < 4.78 is 45.4. The van der Waals surface area contributed by atoms with E-state index in [1.807, 2.05) is 13.0 Å². The van der Waals surface area contributed by atoms with Crippen LogP contribution in [0.15, 0.2) is 71.9 Å². The van der Waals surface area contributed by atoms with Gasteiger partial charge in [0, 0.05) is 50.6 Å². The number of hydrogen-bond donors (Lipinski definition) is 3. The van der Waals surface area contributed by atoms with Crippen molar-refractivity contribution in [2.24, 2.45) is 22.9 Å². The van der Waals surface area contributed by atoms with E-state index in [1.165, 1.54) is 19.2 Å².